The number of nitro benzene ring substituents is 1. The number of thiophene rings is 2. The Kier molecular flexibility index (Phi) is 18.7. The maximum Gasteiger partial charge on any atom is 0.407 e. The van der Waals surface area contributed by atoms with E-state index in [1.807, 2.05) is 131 Å². The van der Waals surface area contributed by atoms with Crippen molar-refractivity contribution in [3.8, 4) is 19.8 Å². The summed E-state index contributed by atoms with van der Waals surface area (Å²) in [6.45, 7) is 0. The smallest absolute Gasteiger partial charge is 0.407 e. The Morgan fingerprint density at radius 3 is 1.32 bits per heavy atom. The molecule has 4 amide bonds. The number of nitro groups is 1. The van der Waals surface area contributed by atoms with Crippen LogP contribution in [0.15, 0.2) is 155 Å². The van der Waals surface area contributed by atoms with Crippen LogP contribution in [-0.2, 0) is 44.7 Å². The number of alkyl carbamates (subject to hydrolysis) is 2. The normalized spacial score (nSPS) is 12.4. The lowest BCUT2D eigenvalue weighted by atomic mass is 10.0. The van der Waals surface area contributed by atoms with Gasteiger partial charge in [0.25, 0.3) is 5.69 Å². The molecule has 0 bridgehead atoms. The molecule has 20 heteroatoms. The van der Waals surface area contributed by atoms with Gasteiger partial charge in [-0.2, -0.15) is 0 Å². The van der Waals surface area contributed by atoms with E-state index in [9.17, 15) is 29.3 Å². The second kappa shape index (κ2) is 25.9. The maximum atomic E-state index is 13.5. The topological polar surface area (TPSA) is 230 Å². The number of nitrogen functional groups attached to an aromatic ring is 1. The summed E-state index contributed by atoms with van der Waals surface area (Å²) < 4.78 is 9.49. The van der Waals surface area contributed by atoms with E-state index in [2.05, 4.69) is 21.3 Å². The highest BCUT2D eigenvalue weighted by Gasteiger charge is 2.28. The summed E-state index contributed by atoms with van der Waals surface area (Å²) in [5.41, 5.74) is 11.5. The third-order valence-electron chi connectivity index (χ3n) is 11.0. The van der Waals surface area contributed by atoms with Crippen molar-refractivity contribution in [3.05, 3.63) is 199 Å². The fourth-order valence-corrected chi connectivity index (χ4v) is 10.7. The van der Waals surface area contributed by atoms with Crippen LogP contribution in [0, 0.1) is 10.1 Å². The van der Waals surface area contributed by atoms with Crippen molar-refractivity contribution >= 4 is 80.7 Å². The van der Waals surface area contributed by atoms with Gasteiger partial charge in [-0.05, 0) is 70.1 Å². The molecule has 0 spiro atoms. The molecule has 0 fully saturated rings. The minimum Gasteiger partial charge on any atom is -0.453 e. The van der Waals surface area contributed by atoms with E-state index in [1.54, 1.807) is 34.8 Å². The Balaban J connectivity index is 0.000000212. The van der Waals surface area contributed by atoms with Gasteiger partial charge in [-0.15, -0.1) is 45.3 Å². The van der Waals surface area contributed by atoms with Gasteiger partial charge in [0.1, 0.15) is 22.1 Å². The number of thiazole rings is 2. The molecule has 4 heterocycles. The Morgan fingerprint density at radius 2 is 0.944 bits per heavy atom. The van der Waals surface area contributed by atoms with Crippen molar-refractivity contribution < 1.29 is 33.6 Å². The number of carbonyl (C=O) groups is 4. The third-order valence-corrected chi connectivity index (χ3v) is 14.8. The fraction of sp³-hybridized carbons (Fsp3) is 0.192. The number of hydrogen-bond acceptors (Lipinski definition) is 15. The van der Waals surface area contributed by atoms with Crippen LogP contribution in [0.1, 0.15) is 45.7 Å². The zero-order chi connectivity index (χ0) is 50.8. The van der Waals surface area contributed by atoms with Crippen molar-refractivity contribution in [2.45, 2.75) is 49.9 Å². The molecule has 72 heavy (non-hydrogen) atoms. The second-order valence-corrected chi connectivity index (χ2v) is 19.7. The monoisotopic (exact) mass is 1040 g/mol. The van der Waals surface area contributed by atoms with Gasteiger partial charge in [-0.1, -0.05) is 97.1 Å². The van der Waals surface area contributed by atoms with Gasteiger partial charge in [0.05, 0.1) is 52.4 Å². The number of non-ortho nitro benzene ring substituents is 1. The fourth-order valence-electron chi connectivity index (χ4n) is 7.32. The molecule has 4 aromatic carbocycles. The summed E-state index contributed by atoms with van der Waals surface area (Å²) in [5.74, 6) is -0.711. The Labute approximate surface area is 431 Å². The average Bonchev–Trinajstić information content (AvgIpc) is 4.26. The largest absolute Gasteiger partial charge is 0.453 e. The summed E-state index contributed by atoms with van der Waals surface area (Å²) in [5, 5.41) is 32.1. The number of methoxy groups -OCH3 is 2. The third kappa shape index (κ3) is 15.1. The van der Waals surface area contributed by atoms with Crippen molar-refractivity contribution in [3.63, 3.8) is 0 Å². The summed E-state index contributed by atoms with van der Waals surface area (Å²) >= 11 is 6.21. The average molecular weight is 1040 g/mol. The molecule has 0 aliphatic carbocycles. The number of nitrogens with one attached hydrogen (secondary N) is 4. The van der Waals surface area contributed by atoms with E-state index in [-0.39, 0.29) is 18.0 Å². The Bertz CT molecular complexity index is 2990. The van der Waals surface area contributed by atoms with Crippen LogP contribution in [0.5, 0.6) is 0 Å². The van der Waals surface area contributed by atoms with E-state index in [4.69, 9.17) is 25.2 Å². The molecule has 0 saturated heterocycles. The van der Waals surface area contributed by atoms with E-state index in [1.165, 1.54) is 49.0 Å². The first-order chi connectivity index (χ1) is 34.9. The summed E-state index contributed by atoms with van der Waals surface area (Å²) in [6, 6.07) is 38.0. The number of ether oxygens (including phenoxy) is 2. The zero-order valence-electron chi connectivity index (χ0n) is 39.0. The predicted octanol–water partition coefficient (Wildman–Crippen LogP) is 9.97. The van der Waals surface area contributed by atoms with Crippen LogP contribution >= 0.6 is 45.3 Å². The highest BCUT2D eigenvalue weighted by Crippen LogP contribution is 2.32. The molecular formula is C52H50N8O8S4. The van der Waals surface area contributed by atoms with Crippen molar-refractivity contribution in [2.75, 3.05) is 20.0 Å². The van der Waals surface area contributed by atoms with Crippen LogP contribution in [0.25, 0.3) is 19.8 Å². The minimum atomic E-state index is -0.885. The van der Waals surface area contributed by atoms with Gasteiger partial charge < -0.3 is 36.5 Å². The standard InChI is InChI=1S/C26H24N4O5S2.C26H26N4O3S2/c1-35-26(32)29-21(15-17-6-3-2-4-7-17)24(31)27-20(14-18-9-11-19(12-10-18)30(33)34)22-16-37-25(28-22)23-8-5-13-36-23;1-33-26(32)30-21(15-17-6-3-2-4-7-17)24(31)28-20(14-18-9-11-19(27)12-10-18)22-16-35-25(29-22)23-8-5-13-34-23/h2-13,16,20-21H,14-15H2,1H3,(H,27,31)(H,29,32);2-13,16,20-21H,14-15,27H2,1H3,(H,28,31)(H,30,32)/t2*20-,21+/m11/s1. The van der Waals surface area contributed by atoms with E-state index in [0.717, 1.165) is 47.7 Å². The van der Waals surface area contributed by atoms with E-state index < -0.39 is 47.2 Å². The number of aromatic nitrogens is 2. The summed E-state index contributed by atoms with van der Waals surface area (Å²) in [4.78, 5) is 73.2. The highest BCUT2D eigenvalue weighted by atomic mass is 32.1. The van der Waals surface area contributed by atoms with Crippen LogP contribution < -0.4 is 27.0 Å². The molecule has 0 aliphatic heterocycles. The molecule has 8 rings (SSSR count). The molecule has 4 aromatic heterocycles. The summed E-state index contributed by atoms with van der Waals surface area (Å²) in [6.07, 6.45) is 0.0995. The number of anilines is 1. The first-order valence-corrected chi connectivity index (χ1v) is 25.9. The van der Waals surface area contributed by atoms with Gasteiger partial charge in [0.15, 0.2) is 0 Å². The zero-order valence-corrected chi connectivity index (χ0v) is 42.2. The molecule has 0 unspecified atom stereocenters. The number of rotatable bonds is 19. The van der Waals surface area contributed by atoms with Gasteiger partial charge >= 0.3 is 12.2 Å². The minimum absolute atomic E-state index is 0.0109. The van der Waals surface area contributed by atoms with Gasteiger partial charge in [0, 0.05) is 41.4 Å². The van der Waals surface area contributed by atoms with Crippen LogP contribution in [0.3, 0.4) is 0 Å². The Hall–Kier alpha value is -7.78. The first-order valence-electron chi connectivity index (χ1n) is 22.4. The van der Waals surface area contributed by atoms with E-state index >= 15 is 0 Å². The predicted molar refractivity (Wildman–Crippen MR) is 283 cm³/mol. The van der Waals surface area contributed by atoms with Gasteiger partial charge in [0.2, 0.25) is 11.8 Å². The number of nitrogens with two attached hydrogens (primary N) is 1. The molecule has 8 aromatic rings. The Morgan fingerprint density at radius 1 is 0.542 bits per heavy atom. The van der Waals surface area contributed by atoms with Crippen molar-refractivity contribution in [2.24, 2.45) is 0 Å². The molecule has 16 nitrogen and oxygen atoms in total. The molecule has 370 valence electrons. The SMILES string of the molecule is COC(=O)N[C@@H](Cc1ccccc1)C(=O)N[C@H](Cc1ccc(N)cc1)c1csc(-c2cccs2)n1.COC(=O)N[C@@H](Cc1ccccc1)C(=O)N[C@H](Cc1ccc([N+](=O)[O-])cc1)c1csc(-c2cccs2)n1. The number of amides is 4. The second-order valence-electron chi connectivity index (χ2n) is 16.1. The quantitative estimate of drug-likeness (QED) is 0.0291. The van der Waals surface area contributed by atoms with Crippen molar-refractivity contribution in [1.82, 2.24) is 31.2 Å². The molecular weight excluding hydrogens is 993 g/mol. The van der Waals surface area contributed by atoms with Gasteiger partial charge in [-0.25, -0.2) is 19.6 Å². The summed E-state index contributed by atoms with van der Waals surface area (Å²) in [7, 11) is 2.52. The lowest BCUT2D eigenvalue weighted by Gasteiger charge is -2.23. The molecule has 0 aliphatic rings. The van der Waals surface area contributed by atoms with Crippen LogP contribution in [-0.4, -0.2) is 65.2 Å². The lowest BCUT2D eigenvalue weighted by Crippen LogP contribution is -2.49. The van der Waals surface area contributed by atoms with Crippen molar-refractivity contribution in [1.29, 1.82) is 0 Å². The van der Waals surface area contributed by atoms with Crippen LogP contribution in [0.2, 0.25) is 0 Å². The maximum absolute atomic E-state index is 13.5. The van der Waals surface area contributed by atoms with E-state index in [0.29, 0.717) is 30.6 Å². The molecule has 0 saturated carbocycles. The number of nitrogens with zero attached hydrogens (tertiary/aromatic N) is 3. The number of hydrogen-bond donors (Lipinski definition) is 5. The number of benzene rings is 4. The molecule has 0 radical (unpaired) electrons. The molecule has 6 N–H and O–H groups in total. The first kappa shape index (κ1) is 52.1. The van der Waals surface area contributed by atoms with Crippen LogP contribution in [0.4, 0.5) is 21.0 Å². The molecule has 4 atom stereocenters. The number of carbonyl (C=O) groups excluding carboxylic acids is 4. The van der Waals surface area contributed by atoms with Gasteiger partial charge in [-0.3, -0.25) is 19.7 Å². The highest BCUT2D eigenvalue weighted by molar-refractivity contribution is 7.20. The lowest BCUT2D eigenvalue weighted by molar-refractivity contribution is -0.384.